The zero-order valence-electron chi connectivity index (χ0n) is 26.9. The van der Waals surface area contributed by atoms with Crippen LogP contribution in [0.2, 0.25) is 0 Å². The standard InChI is InChI=1S/C30H45NO20/c31-8-14(36)11-1-3-12(4-2-11)50-30(29(44)45)7-13(35)24(25(51-30)16(38)10-34)48-28-22(43)26(21(42)23(47-28)15(37)9-33)49-27-20(41)19(40)18(39)17(46-27)5-6-32/h1-4,13,15-28,32-35,37-43H,5-10,31H2,(H,44,45)/t13-,15+,16-,17+,18-,19?,20?,21-,22-,23?,24-,25?,26?,27-,28-,30-/m1/s1. The van der Waals surface area contributed by atoms with Crippen molar-refractivity contribution in [1.29, 1.82) is 0 Å². The molecule has 290 valence electrons. The van der Waals surface area contributed by atoms with Crippen molar-refractivity contribution in [3.05, 3.63) is 29.8 Å². The molecule has 4 rings (SSSR count). The normalized spacial score (nSPS) is 40.0. The maximum Gasteiger partial charge on any atom is 0.377 e. The Kier molecular flexibility index (Phi) is 14.2. The third kappa shape index (κ3) is 8.83. The van der Waals surface area contributed by atoms with Crippen molar-refractivity contribution in [2.24, 2.45) is 5.73 Å². The third-order valence-electron chi connectivity index (χ3n) is 8.85. The third-order valence-corrected chi connectivity index (χ3v) is 8.85. The SMILES string of the molecule is NCC(=O)c1ccc(O[C@]2(C(=O)O)C[C@@H](O)[C@@H](O[C@H]3OC([C@@H](O)CO)[C@@H](O)C(O[C@H]4O[C@@H](CCO)[C@@H](O)C(O)C4O)[C@H]3O)C([C@H](O)CO)O2)cc1. The fourth-order valence-corrected chi connectivity index (χ4v) is 6.04. The minimum Gasteiger partial charge on any atom is -0.476 e. The number of rotatable bonds is 15. The molecule has 3 heterocycles. The van der Waals surface area contributed by atoms with Crippen LogP contribution >= 0.6 is 0 Å². The molecular weight excluding hydrogens is 694 g/mol. The zero-order chi connectivity index (χ0) is 37.8. The van der Waals surface area contributed by atoms with Crippen molar-refractivity contribution in [2.45, 2.75) is 111 Å². The van der Waals surface area contributed by atoms with Gasteiger partial charge in [0.05, 0.1) is 38.4 Å². The molecule has 0 spiro atoms. The lowest BCUT2D eigenvalue weighted by Crippen LogP contribution is -2.68. The molecule has 5 unspecified atom stereocenters. The summed E-state index contributed by atoms with van der Waals surface area (Å²) < 4.78 is 33.6. The smallest absolute Gasteiger partial charge is 0.377 e. The predicted molar refractivity (Wildman–Crippen MR) is 161 cm³/mol. The van der Waals surface area contributed by atoms with E-state index < -0.39 is 136 Å². The van der Waals surface area contributed by atoms with E-state index in [4.69, 9.17) is 34.2 Å². The molecule has 21 heteroatoms. The van der Waals surface area contributed by atoms with Gasteiger partial charge in [-0.25, -0.2) is 4.79 Å². The van der Waals surface area contributed by atoms with E-state index in [1.807, 2.05) is 0 Å². The topological polar surface area (TPSA) is 358 Å². The average molecular weight is 740 g/mol. The maximum atomic E-state index is 12.5. The number of hydrogen-bond acceptors (Lipinski definition) is 20. The van der Waals surface area contributed by atoms with Gasteiger partial charge >= 0.3 is 11.8 Å². The Morgan fingerprint density at radius 1 is 0.804 bits per heavy atom. The van der Waals surface area contributed by atoms with Gasteiger partial charge in [0, 0.05) is 12.2 Å². The molecule has 0 radical (unpaired) electrons. The summed E-state index contributed by atoms with van der Waals surface area (Å²) in [7, 11) is 0. The van der Waals surface area contributed by atoms with E-state index in [9.17, 15) is 70.9 Å². The van der Waals surface area contributed by atoms with Gasteiger partial charge in [-0.3, -0.25) is 4.79 Å². The van der Waals surface area contributed by atoms with E-state index >= 15 is 0 Å². The fourth-order valence-electron chi connectivity index (χ4n) is 6.04. The first-order chi connectivity index (χ1) is 24.1. The lowest BCUT2D eigenvalue weighted by Gasteiger charge is -2.49. The van der Waals surface area contributed by atoms with Crippen molar-refractivity contribution < 1.29 is 99.3 Å². The summed E-state index contributed by atoms with van der Waals surface area (Å²) in [5.41, 5.74) is 5.55. The van der Waals surface area contributed by atoms with E-state index in [1.54, 1.807) is 0 Å². The summed E-state index contributed by atoms with van der Waals surface area (Å²) in [5, 5.41) is 125. The van der Waals surface area contributed by atoms with Gasteiger partial charge in [-0.05, 0) is 30.7 Å². The van der Waals surface area contributed by atoms with Gasteiger partial charge < -0.3 is 95.4 Å². The zero-order valence-corrected chi connectivity index (χ0v) is 26.9. The lowest BCUT2D eigenvalue weighted by molar-refractivity contribution is -0.382. The fraction of sp³-hybridized carbons (Fsp3) is 0.733. The van der Waals surface area contributed by atoms with Crippen LogP contribution in [0.15, 0.2) is 24.3 Å². The molecule has 3 aliphatic rings. The molecule has 16 atom stereocenters. The van der Waals surface area contributed by atoms with Crippen LogP contribution < -0.4 is 10.5 Å². The Morgan fingerprint density at radius 2 is 1.39 bits per heavy atom. The highest BCUT2D eigenvalue weighted by Crippen LogP contribution is 2.38. The quantitative estimate of drug-likeness (QED) is 0.0743. The number of ether oxygens (including phenoxy) is 6. The number of benzene rings is 1. The number of nitrogens with two attached hydrogens (primary N) is 1. The molecule has 0 saturated carbocycles. The van der Waals surface area contributed by atoms with E-state index in [1.165, 1.54) is 24.3 Å². The van der Waals surface area contributed by atoms with Gasteiger partial charge in [0.15, 0.2) is 18.4 Å². The van der Waals surface area contributed by atoms with E-state index in [0.29, 0.717) is 0 Å². The highest BCUT2D eigenvalue weighted by atomic mass is 16.8. The number of carboxylic acids is 1. The van der Waals surface area contributed by atoms with Crippen LogP contribution in [-0.4, -0.2) is 197 Å². The summed E-state index contributed by atoms with van der Waals surface area (Å²) >= 11 is 0. The number of carboxylic acid groups (broad SMARTS) is 1. The molecule has 0 aromatic heterocycles. The van der Waals surface area contributed by atoms with E-state index in [0.717, 1.165) is 0 Å². The molecule has 3 aliphatic heterocycles. The van der Waals surface area contributed by atoms with Crippen LogP contribution in [0.5, 0.6) is 5.75 Å². The molecule has 3 fully saturated rings. The summed E-state index contributed by atoms with van der Waals surface area (Å²) in [6, 6.07) is 5.05. The molecule has 51 heavy (non-hydrogen) atoms. The second-order valence-electron chi connectivity index (χ2n) is 12.3. The monoisotopic (exact) mass is 739 g/mol. The number of carbonyl (C=O) groups excluding carboxylic acids is 1. The van der Waals surface area contributed by atoms with Crippen molar-refractivity contribution in [2.75, 3.05) is 26.4 Å². The Balaban J connectivity index is 1.61. The van der Waals surface area contributed by atoms with Gasteiger partial charge in [0.25, 0.3) is 0 Å². The molecule has 3 saturated heterocycles. The van der Waals surface area contributed by atoms with Crippen molar-refractivity contribution in [3.63, 3.8) is 0 Å². The molecule has 21 nitrogen and oxygen atoms in total. The van der Waals surface area contributed by atoms with E-state index in [2.05, 4.69) is 0 Å². The Morgan fingerprint density at radius 3 is 1.96 bits per heavy atom. The molecule has 14 N–H and O–H groups in total. The first kappa shape index (κ1) is 41.2. The average Bonchev–Trinajstić information content (AvgIpc) is 3.11. The Bertz CT molecular complexity index is 1290. The molecular formula is C30H45NO20. The van der Waals surface area contributed by atoms with Crippen LogP contribution in [0.4, 0.5) is 0 Å². The molecule has 0 amide bonds. The Hall–Kier alpha value is -2.52. The maximum absolute atomic E-state index is 12.5. The van der Waals surface area contributed by atoms with Crippen LogP contribution in [0, 0.1) is 0 Å². The molecule has 1 aromatic rings. The van der Waals surface area contributed by atoms with Crippen molar-refractivity contribution in [1.82, 2.24) is 0 Å². The lowest BCUT2D eigenvalue weighted by atomic mass is 9.91. The first-order valence-electron chi connectivity index (χ1n) is 15.9. The van der Waals surface area contributed by atoms with Crippen LogP contribution in [0.3, 0.4) is 0 Å². The number of ketones is 1. The number of aliphatic hydroxyl groups excluding tert-OH is 11. The molecule has 1 aromatic carbocycles. The van der Waals surface area contributed by atoms with Gasteiger partial charge in [0.2, 0.25) is 0 Å². The predicted octanol–water partition coefficient (Wildman–Crippen LogP) is -6.75. The van der Waals surface area contributed by atoms with Gasteiger partial charge in [-0.2, -0.15) is 0 Å². The van der Waals surface area contributed by atoms with Crippen molar-refractivity contribution in [3.8, 4) is 5.75 Å². The van der Waals surface area contributed by atoms with Gasteiger partial charge in [-0.15, -0.1) is 0 Å². The summed E-state index contributed by atoms with van der Waals surface area (Å²) in [6.45, 7) is -2.89. The number of carbonyl (C=O) groups is 2. The second kappa shape index (κ2) is 17.5. The number of aliphatic carboxylic acids is 1. The summed E-state index contributed by atoms with van der Waals surface area (Å²) in [4.78, 5) is 24.4. The number of hydrogen-bond donors (Lipinski definition) is 13. The summed E-state index contributed by atoms with van der Waals surface area (Å²) in [6.07, 6.45) is -29.4. The van der Waals surface area contributed by atoms with Crippen LogP contribution in [-0.2, 0) is 28.5 Å². The minimum absolute atomic E-state index is 0.151. The molecule has 0 bridgehead atoms. The minimum atomic E-state index is -2.73. The number of Topliss-reactive ketones (excluding diaryl/α,β-unsaturated/α-hetero) is 1. The van der Waals surface area contributed by atoms with Gasteiger partial charge in [-0.1, -0.05) is 0 Å². The largest absolute Gasteiger partial charge is 0.476 e. The number of aliphatic hydroxyl groups is 11. The first-order valence-corrected chi connectivity index (χ1v) is 15.9. The highest BCUT2D eigenvalue weighted by molar-refractivity contribution is 5.97. The summed E-state index contributed by atoms with van der Waals surface area (Å²) in [5.74, 6) is -5.09. The Labute approximate surface area is 289 Å². The van der Waals surface area contributed by atoms with E-state index in [-0.39, 0.29) is 24.3 Å². The van der Waals surface area contributed by atoms with Crippen LogP contribution in [0.1, 0.15) is 23.2 Å². The molecule has 0 aliphatic carbocycles. The van der Waals surface area contributed by atoms with Gasteiger partial charge in [0.1, 0.15) is 72.9 Å². The highest BCUT2D eigenvalue weighted by Gasteiger charge is 2.59. The second-order valence-corrected chi connectivity index (χ2v) is 12.3. The van der Waals surface area contributed by atoms with Crippen molar-refractivity contribution >= 4 is 11.8 Å². The van der Waals surface area contributed by atoms with Crippen LogP contribution in [0.25, 0.3) is 0 Å².